The van der Waals surface area contributed by atoms with Crippen molar-refractivity contribution in [3.63, 3.8) is 0 Å². The SMILES string of the molecule is [CH2]N1CCN(Cc2ccccc2)CC1. The Labute approximate surface area is 86.1 Å². The van der Waals surface area contributed by atoms with Crippen LogP contribution in [-0.2, 0) is 6.54 Å². The molecule has 1 aromatic rings. The van der Waals surface area contributed by atoms with Crippen molar-refractivity contribution in [2.45, 2.75) is 6.54 Å². The minimum absolute atomic E-state index is 1.08. The van der Waals surface area contributed by atoms with Crippen LogP contribution in [0.4, 0.5) is 0 Å². The molecule has 75 valence electrons. The van der Waals surface area contributed by atoms with Crippen LogP contribution in [0, 0.1) is 7.05 Å². The fourth-order valence-electron chi connectivity index (χ4n) is 1.79. The Morgan fingerprint density at radius 3 is 2.29 bits per heavy atom. The summed E-state index contributed by atoms with van der Waals surface area (Å²) in [6.07, 6.45) is 0. The van der Waals surface area contributed by atoms with E-state index in [0.29, 0.717) is 0 Å². The van der Waals surface area contributed by atoms with E-state index in [1.165, 1.54) is 5.56 Å². The summed E-state index contributed by atoms with van der Waals surface area (Å²) in [7, 11) is 3.95. The molecule has 0 bridgehead atoms. The van der Waals surface area contributed by atoms with E-state index in [2.05, 4.69) is 47.2 Å². The first-order chi connectivity index (χ1) is 6.84. The van der Waals surface area contributed by atoms with Crippen molar-refractivity contribution < 1.29 is 0 Å². The molecule has 1 saturated heterocycles. The van der Waals surface area contributed by atoms with Crippen molar-refractivity contribution in [2.24, 2.45) is 0 Å². The van der Waals surface area contributed by atoms with Crippen LogP contribution in [-0.4, -0.2) is 36.0 Å². The molecule has 1 aliphatic rings. The average molecular weight is 189 g/mol. The van der Waals surface area contributed by atoms with E-state index in [4.69, 9.17) is 0 Å². The van der Waals surface area contributed by atoms with Gasteiger partial charge in [0.1, 0.15) is 0 Å². The minimum atomic E-state index is 1.08. The zero-order valence-corrected chi connectivity index (χ0v) is 8.52. The van der Waals surface area contributed by atoms with Gasteiger partial charge in [0.05, 0.1) is 0 Å². The van der Waals surface area contributed by atoms with Crippen LogP contribution in [0.5, 0.6) is 0 Å². The standard InChI is InChI=1S/C12H17N2/c1-13-7-9-14(10-8-13)11-12-5-3-2-4-6-12/h2-6H,1,7-11H2. The fraction of sp³-hybridized carbons (Fsp3) is 0.417. The van der Waals surface area contributed by atoms with E-state index >= 15 is 0 Å². The van der Waals surface area contributed by atoms with Gasteiger partial charge in [0.15, 0.2) is 0 Å². The van der Waals surface area contributed by atoms with Crippen LogP contribution >= 0.6 is 0 Å². The van der Waals surface area contributed by atoms with Gasteiger partial charge < -0.3 is 0 Å². The highest BCUT2D eigenvalue weighted by Gasteiger charge is 2.13. The molecule has 0 saturated carbocycles. The monoisotopic (exact) mass is 189 g/mol. The molecule has 1 aliphatic heterocycles. The molecule has 0 atom stereocenters. The second-order valence-electron chi connectivity index (χ2n) is 3.88. The predicted octanol–water partition coefficient (Wildman–Crippen LogP) is 1.60. The fourth-order valence-corrected chi connectivity index (χ4v) is 1.79. The number of hydrogen-bond donors (Lipinski definition) is 0. The van der Waals surface area contributed by atoms with Crippen LogP contribution < -0.4 is 0 Å². The lowest BCUT2D eigenvalue weighted by Gasteiger charge is -2.32. The number of hydrogen-bond acceptors (Lipinski definition) is 2. The van der Waals surface area contributed by atoms with Gasteiger partial charge in [0, 0.05) is 39.8 Å². The molecule has 2 nitrogen and oxygen atoms in total. The smallest absolute Gasteiger partial charge is 0.0234 e. The third-order valence-electron chi connectivity index (χ3n) is 2.71. The molecule has 0 aromatic heterocycles. The van der Waals surface area contributed by atoms with Crippen molar-refractivity contribution in [3.05, 3.63) is 42.9 Å². The average Bonchev–Trinajstić information content (AvgIpc) is 2.23. The maximum absolute atomic E-state index is 3.95. The lowest BCUT2D eigenvalue weighted by molar-refractivity contribution is 0.160. The van der Waals surface area contributed by atoms with Crippen LogP contribution in [0.15, 0.2) is 30.3 Å². The summed E-state index contributed by atoms with van der Waals surface area (Å²) in [6.45, 7) is 5.53. The lowest BCUT2D eigenvalue weighted by Crippen LogP contribution is -2.42. The molecule has 0 unspecified atom stereocenters. The van der Waals surface area contributed by atoms with Crippen LogP contribution in [0.3, 0.4) is 0 Å². The van der Waals surface area contributed by atoms with Gasteiger partial charge in [-0.05, 0) is 5.56 Å². The number of piperazine rings is 1. The molecule has 0 aliphatic carbocycles. The van der Waals surface area contributed by atoms with Gasteiger partial charge in [-0.1, -0.05) is 30.3 Å². The van der Waals surface area contributed by atoms with E-state index in [1.54, 1.807) is 0 Å². The minimum Gasteiger partial charge on any atom is -0.300 e. The van der Waals surface area contributed by atoms with Gasteiger partial charge in [-0.3, -0.25) is 9.80 Å². The zero-order valence-electron chi connectivity index (χ0n) is 8.52. The Bertz CT molecular complexity index is 263. The Morgan fingerprint density at radius 2 is 1.64 bits per heavy atom. The van der Waals surface area contributed by atoms with Gasteiger partial charge in [-0.15, -0.1) is 0 Å². The molecule has 14 heavy (non-hydrogen) atoms. The highest BCUT2D eigenvalue weighted by atomic mass is 15.2. The van der Waals surface area contributed by atoms with Crippen molar-refractivity contribution >= 4 is 0 Å². The molecule has 1 aromatic carbocycles. The van der Waals surface area contributed by atoms with Crippen LogP contribution in [0.1, 0.15) is 5.56 Å². The predicted molar refractivity (Wildman–Crippen MR) is 58.6 cm³/mol. The van der Waals surface area contributed by atoms with Crippen molar-refractivity contribution in [1.82, 2.24) is 9.80 Å². The first-order valence-corrected chi connectivity index (χ1v) is 5.16. The maximum atomic E-state index is 3.95. The summed E-state index contributed by atoms with van der Waals surface area (Å²) in [5, 5.41) is 0. The summed E-state index contributed by atoms with van der Waals surface area (Å²) in [4.78, 5) is 4.62. The molecule has 2 heteroatoms. The number of benzene rings is 1. The van der Waals surface area contributed by atoms with E-state index in [1.807, 2.05) is 0 Å². The van der Waals surface area contributed by atoms with Gasteiger partial charge in [-0.2, -0.15) is 0 Å². The highest BCUT2D eigenvalue weighted by Crippen LogP contribution is 2.07. The normalized spacial score (nSPS) is 19.8. The summed E-state index contributed by atoms with van der Waals surface area (Å²) in [5.41, 5.74) is 1.41. The molecular weight excluding hydrogens is 172 g/mol. The largest absolute Gasteiger partial charge is 0.300 e. The van der Waals surface area contributed by atoms with E-state index in [-0.39, 0.29) is 0 Å². The molecule has 0 spiro atoms. The quantitative estimate of drug-likeness (QED) is 0.697. The Kier molecular flexibility index (Phi) is 3.17. The van der Waals surface area contributed by atoms with Crippen LogP contribution in [0.25, 0.3) is 0 Å². The topological polar surface area (TPSA) is 6.48 Å². The molecular formula is C12H17N2. The number of nitrogens with zero attached hydrogens (tertiary/aromatic N) is 2. The first-order valence-electron chi connectivity index (χ1n) is 5.16. The summed E-state index contributed by atoms with van der Waals surface area (Å²) < 4.78 is 0. The second-order valence-corrected chi connectivity index (χ2v) is 3.88. The summed E-state index contributed by atoms with van der Waals surface area (Å²) in [5.74, 6) is 0. The lowest BCUT2D eigenvalue weighted by atomic mass is 10.2. The first kappa shape index (κ1) is 9.69. The molecule has 1 radical (unpaired) electrons. The van der Waals surface area contributed by atoms with Crippen molar-refractivity contribution in [3.8, 4) is 0 Å². The molecule has 0 N–H and O–H groups in total. The summed E-state index contributed by atoms with van der Waals surface area (Å²) in [6, 6.07) is 10.7. The summed E-state index contributed by atoms with van der Waals surface area (Å²) >= 11 is 0. The molecule has 1 heterocycles. The highest BCUT2D eigenvalue weighted by molar-refractivity contribution is 5.14. The Hall–Kier alpha value is -0.860. The molecule has 1 fully saturated rings. The Balaban J connectivity index is 1.87. The van der Waals surface area contributed by atoms with Crippen LogP contribution in [0.2, 0.25) is 0 Å². The van der Waals surface area contributed by atoms with Crippen molar-refractivity contribution in [1.29, 1.82) is 0 Å². The maximum Gasteiger partial charge on any atom is 0.0234 e. The zero-order chi connectivity index (χ0) is 9.80. The van der Waals surface area contributed by atoms with Gasteiger partial charge in [-0.25, -0.2) is 0 Å². The second kappa shape index (κ2) is 4.58. The number of rotatable bonds is 2. The third-order valence-corrected chi connectivity index (χ3v) is 2.71. The van der Waals surface area contributed by atoms with E-state index in [9.17, 15) is 0 Å². The van der Waals surface area contributed by atoms with Gasteiger partial charge in [0.25, 0.3) is 0 Å². The van der Waals surface area contributed by atoms with E-state index < -0.39 is 0 Å². The molecule has 2 rings (SSSR count). The van der Waals surface area contributed by atoms with Gasteiger partial charge >= 0.3 is 0 Å². The van der Waals surface area contributed by atoms with Crippen molar-refractivity contribution in [2.75, 3.05) is 26.2 Å². The Morgan fingerprint density at radius 1 is 1.00 bits per heavy atom. The third kappa shape index (κ3) is 2.56. The molecule has 0 amide bonds. The van der Waals surface area contributed by atoms with E-state index in [0.717, 1.165) is 32.7 Å². The van der Waals surface area contributed by atoms with Gasteiger partial charge in [0.2, 0.25) is 0 Å².